The second kappa shape index (κ2) is 14.9. The Hall–Kier alpha value is -2.07. The Labute approximate surface area is 190 Å². The van der Waals surface area contributed by atoms with Crippen LogP contribution in [0.1, 0.15) is 19.4 Å². The molecule has 1 aromatic carbocycles. The molecule has 0 saturated carbocycles. The number of nitrogens with one attached hydrogen (secondary N) is 2. The Morgan fingerprint density at radius 1 is 1.10 bits per heavy atom. The zero-order valence-electron chi connectivity index (χ0n) is 17.3. The maximum atomic E-state index is 5.62. The molecule has 0 aliphatic carbocycles. The van der Waals surface area contributed by atoms with Gasteiger partial charge in [-0.3, -0.25) is 0 Å². The van der Waals surface area contributed by atoms with Crippen LogP contribution in [-0.2, 0) is 11.3 Å². The fourth-order valence-corrected chi connectivity index (χ4v) is 2.43. The Bertz CT molecular complexity index is 699. The van der Waals surface area contributed by atoms with Crippen LogP contribution in [0.4, 0.5) is 0 Å². The van der Waals surface area contributed by atoms with Gasteiger partial charge < -0.3 is 24.8 Å². The minimum absolute atomic E-state index is 0. The SMILES string of the molecule is CCNC(=NCc1ccc(OCCOc2ccccc2)nc1)NC(C)COC.I. The molecule has 2 rings (SSSR count). The number of halogens is 1. The maximum absolute atomic E-state index is 5.62. The standard InChI is InChI=1S/C21H30N4O3.HI/c1-4-22-21(25-17(2)16-26-3)24-15-18-10-11-20(23-14-18)28-13-12-27-19-8-6-5-7-9-19;/h5-11,14,17H,4,12-13,15-16H2,1-3H3,(H2,22,24,25);1H. The molecule has 0 amide bonds. The van der Waals surface area contributed by atoms with E-state index < -0.39 is 0 Å². The summed E-state index contributed by atoms with van der Waals surface area (Å²) in [5.74, 6) is 2.16. The van der Waals surface area contributed by atoms with Gasteiger partial charge in [0.25, 0.3) is 0 Å². The van der Waals surface area contributed by atoms with Crippen molar-refractivity contribution in [2.75, 3.05) is 33.5 Å². The molecule has 0 aliphatic heterocycles. The highest BCUT2D eigenvalue weighted by Crippen LogP contribution is 2.10. The Morgan fingerprint density at radius 3 is 2.52 bits per heavy atom. The molecule has 0 spiro atoms. The van der Waals surface area contributed by atoms with Crippen molar-refractivity contribution in [3.63, 3.8) is 0 Å². The van der Waals surface area contributed by atoms with Crippen molar-refractivity contribution in [2.45, 2.75) is 26.4 Å². The van der Waals surface area contributed by atoms with Gasteiger partial charge in [0.05, 0.1) is 13.2 Å². The topological polar surface area (TPSA) is 77.0 Å². The van der Waals surface area contributed by atoms with Gasteiger partial charge in [0.2, 0.25) is 5.88 Å². The molecule has 7 nitrogen and oxygen atoms in total. The van der Waals surface area contributed by atoms with Gasteiger partial charge in [-0.25, -0.2) is 9.98 Å². The van der Waals surface area contributed by atoms with E-state index in [1.807, 2.05) is 56.3 Å². The van der Waals surface area contributed by atoms with Crippen LogP contribution in [0.5, 0.6) is 11.6 Å². The van der Waals surface area contributed by atoms with Gasteiger partial charge in [-0.2, -0.15) is 0 Å². The first-order valence-electron chi connectivity index (χ1n) is 9.50. The monoisotopic (exact) mass is 514 g/mol. The summed E-state index contributed by atoms with van der Waals surface area (Å²) in [7, 11) is 1.69. The zero-order valence-corrected chi connectivity index (χ0v) is 19.6. The predicted molar refractivity (Wildman–Crippen MR) is 126 cm³/mol. The number of methoxy groups -OCH3 is 1. The van der Waals surface area contributed by atoms with Crippen molar-refractivity contribution in [3.8, 4) is 11.6 Å². The summed E-state index contributed by atoms with van der Waals surface area (Å²) >= 11 is 0. The number of benzene rings is 1. The molecule has 0 saturated heterocycles. The zero-order chi connectivity index (χ0) is 20.0. The predicted octanol–water partition coefficient (Wildman–Crippen LogP) is 3.25. The molecule has 0 fully saturated rings. The number of nitrogens with zero attached hydrogens (tertiary/aromatic N) is 2. The van der Waals surface area contributed by atoms with Crippen molar-refractivity contribution in [1.29, 1.82) is 0 Å². The highest BCUT2D eigenvalue weighted by Gasteiger charge is 2.04. The molecule has 1 heterocycles. The largest absolute Gasteiger partial charge is 0.490 e. The summed E-state index contributed by atoms with van der Waals surface area (Å²) in [6.07, 6.45) is 1.78. The number of aromatic nitrogens is 1. The number of pyridine rings is 1. The highest BCUT2D eigenvalue weighted by atomic mass is 127. The quantitative estimate of drug-likeness (QED) is 0.208. The van der Waals surface area contributed by atoms with Gasteiger partial charge in [0, 0.05) is 32.0 Å². The van der Waals surface area contributed by atoms with E-state index >= 15 is 0 Å². The van der Waals surface area contributed by atoms with E-state index in [4.69, 9.17) is 14.2 Å². The summed E-state index contributed by atoms with van der Waals surface area (Å²) in [4.78, 5) is 8.91. The van der Waals surface area contributed by atoms with Crippen molar-refractivity contribution in [2.24, 2.45) is 4.99 Å². The summed E-state index contributed by atoms with van der Waals surface area (Å²) < 4.78 is 16.4. The first-order valence-corrected chi connectivity index (χ1v) is 9.50. The van der Waals surface area contributed by atoms with Crippen LogP contribution in [-0.4, -0.2) is 50.5 Å². The van der Waals surface area contributed by atoms with Gasteiger partial charge in [-0.15, -0.1) is 24.0 Å². The number of hydrogen-bond acceptors (Lipinski definition) is 5. The Morgan fingerprint density at radius 2 is 1.86 bits per heavy atom. The van der Waals surface area contributed by atoms with E-state index in [0.717, 1.165) is 23.8 Å². The van der Waals surface area contributed by atoms with E-state index in [2.05, 4.69) is 20.6 Å². The van der Waals surface area contributed by atoms with Crippen LogP contribution >= 0.6 is 24.0 Å². The number of ether oxygens (including phenoxy) is 3. The highest BCUT2D eigenvalue weighted by molar-refractivity contribution is 14.0. The average Bonchev–Trinajstić information content (AvgIpc) is 2.71. The van der Waals surface area contributed by atoms with Crippen LogP contribution in [0.25, 0.3) is 0 Å². The van der Waals surface area contributed by atoms with Crippen LogP contribution in [0.15, 0.2) is 53.7 Å². The van der Waals surface area contributed by atoms with Crippen molar-refractivity contribution < 1.29 is 14.2 Å². The molecule has 8 heteroatoms. The first-order chi connectivity index (χ1) is 13.7. The molecule has 29 heavy (non-hydrogen) atoms. The number of para-hydroxylation sites is 1. The lowest BCUT2D eigenvalue weighted by atomic mass is 10.3. The molecule has 1 aromatic heterocycles. The van der Waals surface area contributed by atoms with E-state index in [-0.39, 0.29) is 30.0 Å². The molecule has 0 radical (unpaired) electrons. The third-order valence-corrected chi connectivity index (χ3v) is 3.71. The van der Waals surface area contributed by atoms with Crippen molar-refractivity contribution >= 4 is 29.9 Å². The summed E-state index contributed by atoms with van der Waals surface area (Å²) in [6.45, 7) is 6.92. The number of hydrogen-bond donors (Lipinski definition) is 2. The van der Waals surface area contributed by atoms with Gasteiger partial charge in [0.1, 0.15) is 19.0 Å². The lowest BCUT2D eigenvalue weighted by Crippen LogP contribution is -2.43. The average molecular weight is 514 g/mol. The van der Waals surface area contributed by atoms with Crippen molar-refractivity contribution in [1.82, 2.24) is 15.6 Å². The summed E-state index contributed by atoms with van der Waals surface area (Å²) in [5.41, 5.74) is 1.00. The van der Waals surface area contributed by atoms with Crippen LogP contribution in [0.2, 0.25) is 0 Å². The Balaban J connectivity index is 0.00000420. The molecule has 1 atom stereocenters. The minimum atomic E-state index is 0. The molecule has 160 valence electrons. The number of rotatable bonds is 11. The normalized spacial score (nSPS) is 11.9. The number of guanidine groups is 1. The van der Waals surface area contributed by atoms with E-state index in [1.54, 1.807) is 13.3 Å². The Kier molecular flexibility index (Phi) is 12.8. The van der Waals surface area contributed by atoms with Crippen LogP contribution < -0.4 is 20.1 Å². The molecular weight excluding hydrogens is 483 g/mol. The lowest BCUT2D eigenvalue weighted by Gasteiger charge is -2.17. The lowest BCUT2D eigenvalue weighted by molar-refractivity contribution is 0.179. The third kappa shape index (κ3) is 10.3. The van der Waals surface area contributed by atoms with E-state index in [0.29, 0.717) is 32.2 Å². The van der Waals surface area contributed by atoms with E-state index in [1.165, 1.54) is 0 Å². The van der Waals surface area contributed by atoms with Gasteiger partial charge in [-0.1, -0.05) is 24.3 Å². The van der Waals surface area contributed by atoms with Gasteiger partial charge >= 0.3 is 0 Å². The molecule has 1 unspecified atom stereocenters. The van der Waals surface area contributed by atoms with E-state index in [9.17, 15) is 0 Å². The van der Waals surface area contributed by atoms with Crippen LogP contribution in [0, 0.1) is 0 Å². The second-order valence-electron chi connectivity index (χ2n) is 6.21. The number of aliphatic imine (C=N–C) groups is 1. The van der Waals surface area contributed by atoms with Crippen LogP contribution in [0.3, 0.4) is 0 Å². The molecule has 2 aromatic rings. The summed E-state index contributed by atoms with van der Waals surface area (Å²) in [6, 6.07) is 13.7. The third-order valence-electron chi connectivity index (χ3n) is 3.71. The second-order valence-corrected chi connectivity index (χ2v) is 6.21. The minimum Gasteiger partial charge on any atom is -0.490 e. The van der Waals surface area contributed by atoms with Crippen molar-refractivity contribution in [3.05, 3.63) is 54.2 Å². The molecular formula is C21H31IN4O3. The first kappa shape index (κ1) is 25.0. The smallest absolute Gasteiger partial charge is 0.213 e. The fourth-order valence-electron chi connectivity index (χ4n) is 2.43. The fraction of sp³-hybridized carbons (Fsp3) is 0.429. The maximum Gasteiger partial charge on any atom is 0.213 e. The molecule has 0 aliphatic rings. The molecule has 0 bridgehead atoms. The molecule has 2 N–H and O–H groups in total. The summed E-state index contributed by atoms with van der Waals surface area (Å²) in [5, 5.41) is 6.53. The van der Waals surface area contributed by atoms with Gasteiger partial charge in [-0.05, 0) is 31.5 Å². The van der Waals surface area contributed by atoms with Gasteiger partial charge in [0.15, 0.2) is 5.96 Å².